The number of thiophene rings is 1. The van der Waals surface area contributed by atoms with Gasteiger partial charge in [0.05, 0.1) is 11.4 Å². The lowest BCUT2D eigenvalue weighted by Crippen LogP contribution is -2.11. The molecular formula is C58H39NS. The van der Waals surface area contributed by atoms with Gasteiger partial charge in [-0.25, -0.2) is 0 Å². The van der Waals surface area contributed by atoms with Crippen LogP contribution in [0.3, 0.4) is 0 Å². The molecule has 10 aromatic carbocycles. The zero-order valence-corrected chi connectivity index (χ0v) is 33.7. The van der Waals surface area contributed by atoms with Gasteiger partial charge in [-0.3, -0.25) is 0 Å². The van der Waals surface area contributed by atoms with Gasteiger partial charge in [0.15, 0.2) is 0 Å². The van der Waals surface area contributed by atoms with E-state index in [-0.39, 0.29) is 0 Å². The maximum atomic E-state index is 2.47. The maximum Gasteiger partial charge on any atom is 0.0555 e. The van der Waals surface area contributed by atoms with Crippen LogP contribution in [0.15, 0.2) is 237 Å². The second kappa shape index (κ2) is 15.3. The van der Waals surface area contributed by atoms with Crippen molar-refractivity contribution in [3.63, 3.8) is 0 Å². The van der Waals surface area contributed by atoms with Gasteiger partial charge in [0, 0.05) is 31.4 Å². The smallest absolute Gasteiger partial charge is 0.0555 e. The molecular weight excluding hydrogens is 743 g/mol. The number of fused-ring (bicyclic) bond motifs is 4. The van der Waals surface area contributed by atoms with E-state index in [0.717, 1.165) is 17.1 Å². The number of para-hydroxylation sites is 1. The van der Waals surface area contributed by atoms with E-state index < -0.39 is 0 Å². The van der Waals surface area contributed by atoms with E-state index in [4.69, 9.17) is 0 Å². The minimum absolute atomic E-state index is 1.10. The van der Waals surface area contributed by atoms with Gasteiger partial charge in [0.2, 0.25) is 0 Å². The van der Waals surface area contributed by atoms with Gasteiger partial charge in [-0.05, 0) is 122 Å². The molecule has 2 heteroatoms. The molecule has 11 rings (SSSR count). The second-order valence-electron chi connectivity index (χ2n) is 15.3. The Kier molecular flexibility index (Phi) is 9.11. The first-order valence-corrected chi connectivity index (χ1v) is 21.3. The Balaban J connectivity index is 1.08. The van der Waals surface area contributed by atoms with Crippen molar-refractivity contribution in [1.29, 1.82) is 0 Å². The molecule has 0 saturated heterocycles. The fourth-order valence-corrected chi connectivity index (χ4v) is 9.91. The fraction of sp³-hybridized carbons (Fsp3) is 0. The van der Waals surface area contributed by atoms with Crippen LogP contribution >= 0.6 is 11.3 Å². The third kappa shape index (κ3) is 6.54. The van der Waals surface area contributed by atoms with Crippen LogP contribution in [0, 0.1) is 0 Å². The summed E-state index contributed by atoms with van der Waals surface area (Å²) in [6.07, 6.45) is 0. The first-order chi connectivity index (χ1) is 29.7. The number of hydrogen-bond acceptors (Lipinski definition) is 2. The van der Waals surface area contributed by atoms with Crippen molar-refractivity contribution in [2.75, 3.05) is 4.90 Å². The quantitative estimate of drug-likeness (QED) is 0.148. The highest BCUT2D eigenvalue weighted by Gasteiger charge is 2.22. The summed E-state index contributed by atoms with van der Waals surface area (Å²) in [4.78, 5) is 2.47. The molecule has 0 spiro atoms. The van der Waals surface area contributed by atoms with Crippen LogP contribution in [0.5, 0.6) is 0 Å². The molecule has 0 aliphatic heterocycles. The lowest BCUT2D eigenvalue weighted by atomic mass is 9.93. The Hall–Kier alpha value is -7.52. The largest absolute Gasteiger partial charge is 0.309 e. The van der Waals surface area contributed by atoms with Gasteiger partial charge < -0.3 is 4.90 Å². The highest BCUT2D eigenvalue weighted by atomic mass is 32.1. The molecule has 0 unspecified atom stereocenters. The fourth-order valence-electron chi connectivity index (χ4n) is 8.79. The van der Waals surface area contributed by atoms with Crippen molar-refractivity contribution in [2.24, 2.45) is 0 Å². The van der Waals surface area contributed by atoms with Crippen LogP contribution in [0.2, 0.25) is 0 Å². The molecule has 282 valence electrons. The third-order valence-corrected chi connectivity index (χ3v) is 12.8. The number of benzene rings is 10. The molecule has 0 aliphatic rings. The Bertz CT molecular complexity index is 3250. The van der Waals surface area contributed by atoms with E-state index in [1.54, 1.807) is 0 Å². The van der Waals surface area contributed by atoms with Gasteiger partial charge in [-0.2, -0.15) is 0 Å². The summed E-state index contributed by atoms with van der Waals surface area (Å²) in [7, 11) is 0. The van der Waals surface area contributed by atoms with Crippen LogP contribution < -0.4 is 4.90 Å². The second-order valence-corrected chi connectivity index (χ2v) is 16.4. The lowest BCUT2D eigenvalue weighted by molar-refractivity contribution is 1.30. The Labute approximate surface area is 354 Å². The summed E-state index contributed by atoms with van der Waals surface area (Å²) in [5.41, 5.74) is 15.3. The lowest BCUT2D eigenvalue weighted by Gasteiger charge is -2.29. The molecule has 0 amide bonds. The van der Waals surface area contributed by atoms with Gasteiger partial charge >= 0.3 is 0 Å². The van der Waals surface area contributed by atoms with Crippen LogP contribution in [0.25, 0.3) is 86.6 Å². The standard InChI is InChI=1S/C58H39NS/c1-3-16-40(17-4-1)46-37-47(41-18-5-2-6-19-41)39-48(38-46)42-32-34-49(35-33-42)59(55-29-15-31-57-58(55)53-26-10-12-30-56(53)60-57)54-28-11-9-25-52(54)45-23-13-22-44(36-45)51-27-14-21-43-20-7-8-24-50(43)51/h1-39H. The Morgan fingerprint density at radius 2 is 0.750 bits per heavy atom. The maximum absolute atomic E-state index is 2.47. The van der Waals surface area contributed by atoms with Gasteiger partial charge in [-0.1, -0.05) is 176 Å². The predicted molar refractivity (Wildman–Crippen MR) is 259 cm³/mol. The SMILES string of the molecule is c1ccc(-c2cc(-c3ccccc3)cc(-c3ccc(N(c4ccccc4-c4cccc(-c5cccc6ccccc56)c4)c4cccc5sc6ccccc6c45)cc3)c2)cc1. The molecule has 11 aromatic rings. The number of hydrogen-bond donors (Lipinski definition) is 0. The number of rotatable bonds is 8. The zero-order chi connectivity index (χ0) is 39.8. The topological polar surface area (TPSA) is 3.24 Å². The summed E-state index contributed by atoms with van der Waals surface area (Å²) in [6.45, 7) is 0. The Morgan fingerprint density at radius 3 is 1.48 bits per heavy atom. The van der Waals surface area contributed by atoms with Gasteiger partial charge in [-0.15, -0.1) is 11.3 Å². The first-order valence-electron chi connectivity index (χ1n) is 20.5. The molecule has 0 atom stereocenters. The van der Waals surface area contributed by atoms with Crippen molar-refractivity contribution >= 4 is 59.3 Å². The summed E-state index contributed by atoms with van der Waals surface area (Å²) >= 11 is 1.86. The Morgan fingerprint density at radius 1 is 0.283 bits per heavy atom. The minimum Gasteiger partial charge on any atom is -0.309 e. The minimum atomic E-state index is 1.10. The van der Waals surface area contributed by atoms with E-state index in [9.17, 15) is 0 Å². The highest BCUT2D eigenvalue weighted by Crippen LogP contribution is 2.48. The van der Waals surface area contributed by atoms with Crippen molar-refractivity contribution in [3.05, 3.63) is 237 Å². The van der Waals surface area contributed by atoms with Crippen LogP contribution in [0.1, 0.15) is 0 Å². The van der Waals surface area contributed by atoms with E-state index in [0.29, 0.717) is 0 Å². The van der Waals surface area contributed by atoms with Crippen molar-refractivity contribution in [1.82, 2.24) is 0 Å². The van der Waals surface area contributed by atoms with Crippen molar-refractivity contribution in [2.45, 2.75) is 0 Å². The average Bonchev–Trinajstić information content (AvgIpc) is 3.72. The molecule has 0 fully saturated rings. The summed E-state index contributed by atoms with van der Waals surface area (Å²) < 4.78 is 2.57. The molecule has 1 aromatic heterocycles. The van der Waals surface area contributed by atoms with E-state index in [1.807, 2.05) is 11.3 Å². The average molecular weight is 782 g/mol. The molecule has 60 heavy (non-hydrogen) atoms. The van der Waals surface area contributed by atoms with Crippen LogP contribution in [-0.2, 0) is 0 Å². The molecule has 1 heterocycles. The molecule has 0 N–H and O–H groups in total. The summed E-state index contributed by atoms with van der Waals surface area (Å²) in [5, 5.41) is 5.05. The number of nitrogens with zero attached hydrogens (tertiary/aromatic N) is 1. The van der Waals surface area contributed by atoms with Gasteiger partial charge in [0.25, 0.3) is 0 Å². The highest BCUT2D eigenvalue weighted by molar-refractivity contribution is 7.26. The molecule has 0 bridgehead atoms. The van der Waals surface area contributed by atoms with Crippen LogP contribution in [-0.4, -0.2) is 0 Å². The molecule has 1 nitrogen and oxygen atoms in total. The van der Waals surface area contributed by atoms with Crippen molar-refractivity contribution < 1.29 is 0 Å². The number of anilines is 3. The van der Waals surface area contributed by atoms with Crippen LogP contribution in [0.4, 0.5) is 17.1 Å². The van der Waals surface area contributed by atoms with E-state index in [2.05, 4.69) is 241 Å². The van der Waals surface area contributed by atoms with E-state index in [1.165, 1.54) is 86.6 Å². The summed E-state index contributed by atoms with van der Waals surface area (Å²) in [6, 6.07) is 86.2. The van der Waals surface area contributed by atoms with E-state index >= 15 is 0 Å². The van der Waals surface area contributed by atoms with Gasteiger partial charge in [0.1, 0.15) is 0 Å². The summed E-state index contributed by atoms with van der Waals surface area (Å²) in [5.74, 6) is 0. The normalized spacial score (nSPS) is 11.3. The third-order valence-electron chi connectivity index (χ3n) is 11.6. The monoisotopic (exact) mass is 781 g/mol. The zero-order valence-electron chi connectivity index (χ0n) is 32.9. The molecule has 0 radical (unpaired) electrons. The molecule has 0 saturated carbocycles. The molecule has 0 aliphatic carbocycles. The van der Waals surface area contributed by atoms with Crippen molar-refractivity contribution in [3.8, 4) is 55.6 Å². The first kappa shape index (κ1) is 35.6. The predicted octanol–water partition coefficient (Wildman–Crippen LogP) is 17.0.